The molecule has 0 saturated heterocycles. The lowest BCUT2D eigenvalue weighted by atomic mass is 10.1. The van der Waals surface area contributed by atoms with Crippen LogP contribution in [0.5, 0.6) is 5.75 Å². The quantitative estimate of drug-likeness (QED) is 0.552. The third-order valence-electron chi connectivity index (χ3n) is 3.78. The van der Waals surface area contributed by atoms with E-state index in [4.69, 9.17) is 15.2 Å². The van der Waals surface area contributed by atoms with Crippen LogP contribution in [-0.2, 0) is 22.6 Å². The number of hydrogen-bond acceptors (Lipinski definition) is 5. The van der Waals surface area contributed by atoms with Crippen LogP contribution in [0.25, 0.3) is 0 Å². The Labute approximate surface area is 158 Å². The molecule has 144 valence electrons. The van der Waals surface area contributed by atoms with Gasteiger partial charge in [0.15, 0.2) is 0 Å². The Morgan fingerprint density at radius 1 is 1.04 bits per heavy atom. The van der Waals surface area contributed by atoms with E-state index in [1.54, 1.807) is 24.3 Å². The van der Waals surface area contributed by atoms with E-state index >= 15 is 0 Å². The molecule has 0 heterocycles. The van der Waals surface area contributed by atoms with E-state index in [-0.39, 0.29) is 13.0 Å². The van der Waals surface area contributed by atoms with Gasteiger partial charge in [-0.3, -0.25) is 0 Å². The predicted molar refractivity (Wildman–Crippen MR) is 100 cm³/mol. The number of ether oxygens (including phenoxy) is 2. The molecule has 7 heteroatoms. The lowest BCUT2D eigenvalue weighted by Gasteiger charge is -2.15. The first-order valence-electron chi connectivity index (χ1n) is 8.70. The maximum absolute atomic E-state index is 11.9. The highest BCUT2D eigenvalue weighted by Gasteiger charge is 2.21. The van der Waals surface area contributed by atoms with Crippen molar-refractivity contribution in [2.75, 3.05) is 13.2 Å². The van der Waals surface area contributed by atoms with Crippen molar-refractivity contribution in [3.63, 3.8) is 0 Å². The summed E-state index contributed by atoms with van der Waals surface area (Å²) in [5.74, 6) is -0.441. The van der Waals surface area contributed by atoms with E-state index in [1.807, 2.05) is 30.3 Å². The molecule has 0 aliphatic carbocycles. The van der Waals surface area contributed by atoms with Crippen molar-refractivity contribution in [3.8, 4) is 5.75 Å². The van der Waals surface area contributed by atoms with E-state index in [0.717, 1.165) is 17.5 Å². The van der Waals surface area contributed by atoms with Gasteiger partial charge >= 0.3 is 12.1 Å². The molecule has 27 heavy (non-hydrogen) atoms. The van der Waals surface area contributed by atoms with E-state index in [2.05, 4.69) is 5.32 Å². The van der Waals surface area contributed by atoms with Crippen molar-refractivity contribution in [2.45, 2.75) is 25.5 Å². The number of hydrogen-bond donors (Lipinski definition) is 3. The highest BCUT2D eigenvalue weighted by atomic mass is 16.5. The van der Waals surface area contributed by atoms with Gasteiger partial charge in [0.25, 0.3) is 0 Å². The Morgan fingerprint density at radius 2 is 1.74 bits per heavy atom. The van der Waals surface area contributed by atoms with E-state index in [0.29, 0.717) is 18.9 Å². The van der Waals surface area contributed by atoms with Gasteiger partial charge in [-0.25, -0.2) is 9.59 Å². The average molecular weight is 372 g/mol. The number of benzene rings is 2. The predicted octanol–water partition coefficient (Wildman–Crippen LogP) is 2.34. The van der Waals surface area contributed by atoms with Crippen molar-refractivity contribution in [3.05, 3.63) is 65.7 Å². The minimum atomic E-state index is -1.13. The molecule has 0 aliphatic rings. The summed E-state index contributed by atoms with van der Waals surface area (Å²) in [5, 5.41) is 11.7. The summed E-state index contributed by atoms with van der Waals surface area (Å²) in [6.07, 6.45) is 0.129. The number of nitrogens with one attached hydrogen (secondary N) is 1. The Bertz CT molecular complexity index is 719. The molecule has 2 rings (SSSR count). The second-order valence-electron chi connectivity index (χ2n) is 5.94. The molecule has 2 aromatic carbocycles. The van der Waals surface area contributed by atoms with Crippen molar-refractivity contribution in [1.82, 2.24) is 5.32 Å². The number of rotatable bonds is 10. The molecular weight excluding hydrogens is 348 g/mol. The molecule has 1 amide bonds. The molecule has 1 atom stereocenters. The molecule has 0 bridgehead atoms. The topological polar surface area (TPSA) is 111 Å². The fourth-order valence-corrected chi connectivity index (χ4v) is 2.34. The van der Waals surface area contributed by atoms with Crippen LogP contribution >= 0.6 is 0 Å². The van der Waals surface area contributed by atoms with Gasteiger partial charge in [0.1, 0.15) is 18.4 Å². The largest absolute Gasteiger partial charge is 0.494 e. The number of carboxylic acid groups (broad SMARTS) is 1. The van der Waals surface area contributed by atoms with Gasteiger partial charge < -0.3 is 25.6 Å². The van der Waals surface area contributed by atoms with Crippen LogP contribution < -0.4 is 15.8 Å². The fraction of sp³-hybridized carbons (Fsp3) is 0.300. The molecular formula is C20H24N2O5. The van der Waals surface area contributed by atoms with Gasteiger partial charge in [-0.05, 0) is 36.2 Å². The highest BCUT2D eigenvalue weighted by molar-refractivity contribution is 5.80. The number of carbonyl (C=O) groups is 2. The summed E-state index contributed by atoms with van der Waals surface area (Å²) in [4.78, 5) is 23.3. The van der Waals surface area contributed by atoms with Crippen LogP contribution in [-0.4, -0.2) is 36.4 Å². The summed E-state index contributed by atoms with van der Waals surface area (Å²) in [7, 11) is 0. The molecule has 4 N–H and O–H groups in total. The molecule has 0 aliphatic heterocycles. The van der Waals surface area contributed by atoms with Gasteiger partial charge in [0.05, 0.1) is 6.61 Å². The first-order chi connectivity index (χ1) is 13.1. The molecule has 0 spiro atoms. The molecule has 1 unspecified atom stereocenters. The Balaban J connectivity index is 1.85. The van der Waals surface area contributed by atoms with Crippen molar-refractivity contribution in [2.24, 2.45) is 5.73 Å². The fourth-order valence-electron chi connectivity index (χ4n) is 2.34. The second-order valence-corrected chi connectivity index (χ2v) is 5.94. The number of nitrogens with two attached hydrogens (primary N) is 1. The minimum Gasteiger partial charge on any atom is -0.494 e. The van der Waals surface area contributed by atoms with Gasteiger partial charge in [-0.1, -0.05) is 42.5 Å². The van der Waals surface area contributed by atoms with Gasteiger partial charge in [0, 0.05) is 6.42 Å². The number of carbonyl (C=O) groups excluding carboxylic acids is 1. The molecule has 2 aromatic rings. The zero-order valence-corrected chi connectivity index (χ0v) is 15.0. The second kappa shape index (κ2) is 10.8. The lowest BCUT2D eigenvalue weighted by molar-refractivity contribution is -0.139. The number of carboxylic acids is 1. The van der Waals surface area contributed by atoms with E-state index in [1.165, 1.54) is 0 Å². The average Bonchev–Trinajstić information content (AvgIpc) is 2.68. The van der Waals surface area contributed by atoms with Crippen LogP contribution in [0.2, 0.25) is 0 Å². The summed E-state index contributed by atoms with van der Waals surface area (Å²) >= 11 is 0. The van der Waals surface area contributed by atoms with Gasteiger partial charge in [-0.15, -0.1) is 0 Å². The van der Waals surface area contributed by atoms with Crippen LogP contribution in [0.15, 0.2) is 54.6 Å². The van der Waals surface area contributed by atoms with Gasteiger partial charge in [-0.2, -0.15) is 0 Å². The third kappa shape index (κ3) is 7.37. The normalized spacial score (nSPS) is 11.4. The third-order valence-corrected chi connectivity index (χ3v) is 3.78. The molecule has 0 saturated carbocycles. The highest BCUT2D eigenvalue weighted by Crippen LogP contribution is 2.14. The molecule has 0 aromatic heterocycles. The SMILES string of the molecule is NCCCOc1ccc(CC(NC(=O)OCc2ccccc2)C(=O)O)cc1. The van der Waals surface area contributed by atoms with Crippen LogP contribution in [0.1, 0.15) is 17.5 Å². The summed E-state index contributed by atoms with van der Waals surface area (Å²) in [5.41, 5.74) is 7.00. The Morgan fingerprint density at radius 3 is 2.37 bits per heavy atom. The first-order valence-corrected chi connectivity index (χ1v) is 8.70. The zero-order valence-electron chi connectivity index (χ0n) is 15.0. The smallest absolute Gasteiger partial charge is 0.408 e. The zero-order chi connectivity index (χ0) is 19.5. The van der Waals surface area contributed by atoms with E-state index < -0.39 is 18.1 Å². The Hall–Kier alpha value is -3.06. The monoisotopic (exact) mass is 372 g/mol. The maximum atomic E-state index is 11.9. The van der Waals surface area contributed by atoms with Crippen LogP contribution in [0, 0.1) is 0 Å². The van der Waals surface area contributed by atoms with Crippen molar-refractivity contribution in [1.29, 1.82) is 0 Å². The first kappa shape index (κ1) is 20.3. The van der Waals surface area contributed by atoms with Crippen molar-refractivity contribution >= 4 is 12.1 Å². The standard InChI is InChI=1S/C20H24N2O5/c21-11-4-12-26-17-9-7-15(8-10-17)13-18(19(23)24)22-20(25)27-14-16-5-2-1-3-6-16/h1-3,5-10,18H,4,11-14,21H2,(H,22,25)(H,23,24). The Kier molecular flexibility index (Phi) is 8.12. The summed E-state index contributed by atoms with van der Waals surface area (Å²) in [6, 6.07) is 15.1. The number of amides is 1. The van der Waals surface area contributed by atoms with Crippen LogP contribution in [0.4, 0.5) is 4.79 Å². The molecule has 0 radical (unpaired) electrons. The van der Waals surface area contributed by atoms with E-state index in [9.17, 15) is 14.7 Å². The molecule has 7 nitrogen and oxygen atoms in total. The van der Waals surface area contributed by atoms with Crippen molar-refractivity contribution < 1.29 is 24.2 Å². The summed E-state index contributed by atoms with van der Waals surface area (Å²) < 4.78 is 10.6. The molecule has 0 fully saturated rings. The minimum absolute atomic E-state index is 0.0772. The maximum Gasteiger partial charge on any atom is 0.408 e. The number of aliphatic carboxylic acids is 1. The van der Waals surface area contributed by atoms with Gasteiger partial charge in [0.2, 0.25) is 0 Å². The number of alkyl carbamates (subject to hydrolysis) is 1. The van der Waals surface area contributed by atoms with Crippen LogP contribution in [0.3, 0.4) is 0 Å². The lowest BCUT2D eigenvalue weighted by Crippen LogP contribution is -2.42. The summed E-state index contributed by atoms with van der Waals surface area (Å²) in [6.45, 7) is 1.17.